The van der Waals surface area contributed by atoms with Crippen LogP contribution in [0, 0.1) is 0 Å². The van der Waals surface area contributed by atoms with E-state index in [0.717, 1.165) is 9.77 Å². The number of carbonyl (C=O) groups is 1. The highest BCUT2D eigenvalue weighted by molar-refractivity contribution is 7.80. The molecule has 1 aromatic heterocycles. The Bertz CT molecular complexity index is 569. The Labute approximate surface area is 127 Å². The summed E-state index contributed by atoms with van der Waals surface area (Å²) in [6.45, 7) is 3.22. The molecule has 2 rings (SSSR count). The molecule has 0 saturated heterocycles. The van der Waals surface area contributed by atoms with Crippen LogP contribution in [0.25, 0.3) is 0 Å². The number of carbonyl (C=O) groups excluding carboxylic acids is 1. The van der Waals surface area contributed by atoms with Crippen molar-refractivity contribution < 1.29 is 4.79 Å². The zero-order chi connectivity index (χ0) is 13.8. The lowest BCUT2D eigenvalue weighted by atomic mass is 10.2. The van der Waals surface area contributed by atoms with Crippen molar-refractivity contribution in [3.05, 3.63) is 51.2 Å². The smallest absolute Gasteiger partial charge is 0.255 e. The van der Waals surface area contributed by atoms with Crippen LogP contribution in [0.3, 0.4) is 0 Å². The summed E-state index contributed by atoms with van der Waals surface area (Å²) >= 11 is 12.0. The molecule has 1 heterocycles. The molecule has 0 radical (unpaired) electrons. The topological polar surface area (TPSA) is 20.3 Å². The molecule has 0 fully saturated rings. The predicted molar refractivity (Wildman–Crippen MR) is 83.4 cm³/mol. The van der Waals surface area contributed by atoms with E-state index in [1.165, 1.54) is 0 Å². The van der Waals surface area contributed by atoms with Gasteiger partial charge in [0.25, 0.3) is 5.91 Å². The van der Waals surface area contributed by atoms with Crippen molar-refractivity contribution in [1.29, 1.82) is 0 Å². The van der Waals surface area contributed by atoms with Gasteiger partial charge >= 0.3 is 0 Å². The quantitative estimate of drug-likeness (QED) is 0.832. The summed E-state index contributed by atoms with van der Waals surface area (Å²) in [5, 5.41) is 2.47. The first-order chi connectivity index (χ1) is 9.11. The number of thiol groups is 1. The van der Waals surface area contributed by atoms with Crippen molar-refractivity contribution in [2.24, 2.45) is 0 Å². The van der Waals surface area contributed by atoms with Gasteiger partial charge in [0.1, 0.15) is 0 Å². The monoisotopic (exact) mass is 311 g/mol. The van der Waals surface area contributed by atoms with Gasteiger partial charge in [0.15, 0.2) is 0 Å². The van der Waals surface area contributed by atoms with E-state index >= 15 is 0 Å². The Kier molecular flexibility index (Phi) is 4.91. The lowest BCUT2D eigenvalue weighted by molar-refractivity contribution is 0.0754. The molecule has 0 aliphatic heterocycles. The van der Waals surface area contributed by atoms with E-state index in [0.29, 0.717) is 23.7 Å². The molecule has 2 nitrogen and oxygen atoms in total. The Morgan fingerprint density at radius 2 is 2.21 bits per heavy atom. The van der Waals surface area contributed by atoms with Gasteiger partial charge in [-0.15, -0.1) is 24.0 Å². The number of nitrogens with zero attached hydrogens (tertiary/aromatic N) is 1. The van der Waals surface area contributed by atoms with Crippen LogP contribution in [-0.4, -0.2) is 17.4 Å². The highest BCUT2D eigenvalue weighted by atomic mass is 35.5. The number of benzene rings is 1. The second kappa shape index (κ2) is 6.46. The van der Waals surface area contributed by atoms with E-state index in [-0.39, 0.29) is 5.91 Å². The molecule has 0 aliphatic carbocycles. The van der Waals surface area contributed by atoms with Gasteiger partial charge in [-0.2, -0.15) is 0 Å². The summed E-state index contributed by atoms with van der Waals surface area (Å²) in [6, 6.07) is 9.20. The lowest BCUT2D eigenvalue weighted by Gasteiger charge is -2.21. The first-order valence-electron chi connectivity index (χ1n) is 5.92. The van der Waals surface area contributed by atoms with Gasteiger partial charge in [-0.05, 0) is 36.6 Å². The number of hydrogen-bond acceptors (Lipinski definition) is 3. The fourth-order valence-corrected chi connectivity index (χ4v) is 2.89. The Morgan fingerprint density at radius 1 is 1.42 bits per heavy atom. The third kappa shape index (κ3) is 3.53. The maximum atomic E-state index is 12.5. The minimum Gasteiger partial charge on any atom is -0.334 e. The summed E-state index contributed by atoms with van der Waals surface area (Å²) in [7, 11) is 0. The Balaban J connectivity index is 2.23. The lowest BCUT2D eigenvalue weighted by Crippen LogP contribution is -2.30. The molecule has 0 unspecified atom stereocenters. The van der Waals surface area contributed by atoms with Crippen LogP contribution in [0.4, 0.5) is 0 Å². The van der Waals surface area contributed by atoms with E-state index in [4.69, 9.17) is 11.6 Å². The maximum Gasteiger partial charge on any atom is 0.255 e. The van der Waals surface area contributed by atoms with Crippen LogP contribution in [0.15, 0.2) is 40.6 Å². The van der Waals surface area contributed by atoms with Gasteiger partial charge in [0, 0.05) is 16.3 Å². The summed E-state index contributed by atoms with van der Waals surface area (Å²) < 4.78 is 0. The zero-order valence-corrected chi connectivity index (χ0v) is 12.9. The second-order valence-electron chi connectivity index (χ2n) is 4.06. The van der Waals surface area contributed by atoms with Gasteiger partial charge in [0.2, 0.25) is 0 Å². The average Bonchev–Trinajstić information content (AvgIpc) is 2.91. The minimum absolute atomic E-state index is 0.0585. The van der Waals surface area contributed by atoms with Crippen LogP contribution in [-0.2, 0) is 6.54 Å². The van der Waals surface area contributed by atoms with E-state index in [1.54, 1.807) is 34.4 Å². The first-order valence-corrected chi connectivity index (χ1v) is 7.62. The second-order valence-corrected chi connectivity index (χ2v) is 6.02. The fraction of sp³-hybridized carbons (Fsp3) is 0.214. The van der Waals surface area contributed by atoms with Gasteiger partial charge in [-0.1, -0.05) is 17.7 Å². The molecule has 100 valence electrons. The van der Waals surface area contributed by atoms with Crippen molar-refractivity contribution in [1.82, 2.24) is 4.90 Å². The standard InChI is InChI=1S/C14H14ClNOS2/c1-2-16(9-11-4-3-7-19-11)14(17)12-8-10(18)5-6-13(12)15/h3-8,18H,2,9H2,1H3. The fourth-order valence-electron chi connectivity index (χ4n) is 1.77. The molecule has 2 aromatic rings. The molecule has 0 atom stereocenters. The van der Waals surface area contributed by atoms with Gasteiger partial charge in [0.05, 0.1) is 17.1 Å². The molecule has 1 aromatic carbocycles. The van der Waals surface area contributed by atoms with Crippen LogP contribution in [0.2, 0.25) is 5.02 Å². The van der Waals surface area contributed by atoms with Crippen LogP contribution in [0.5, 0.6) is 0 Å². The zero-order valence-electron chi connectivity index (χ0n) is 10.5. The van der Waals surface area contributed by atoms with Crippen molar-refractivity contribution >= 4 is 41.5 Å². The molecular formula is C14H14ClNOS2. The SMILES string of the molecule is CCN(Cc1cccs1)C(=O)c1cc(S)ccc1Cl. The largest absolute Gasteiger partial charge is 0.334 e. The molecule has 0 N–H and O–H groups in total. The molecular weight excluding hydrogens is 298 g/mol. The number of halogens is 1. The number of hydrogen-bond donors (Lipinski definition) is 1. The van der Waals surface area contributed by atoms with E-state index in [9.17, 15) is 4.79 Å². The third-order valence-electron chi connectivity index (χ3n) is 2.78. The first kappa shape index (κ1) is 14.4. The Morgan fingerprint density at radius 3 is 2.84 bits per heavy atom. The predicted octanol–water partition coefficient (Wildman–Crippen LogP) is 4.35. The van der Waals surface area contributed by atoms with Crippen molar-refractivity contribution in [3.8, 4) is 0 Å². The van der Waals surface area contributed by atoms with Gasteiger partial charge in [-0.3, -0.25) is 4.79 Å². The van der Waals surface area contributed by atoms with E-state index in [2.05, 4.69) is 12.6 Å². The molecule has 0 spiro atoms. The van der Waals surface area contributed by atoms with E-state index < -0.39 is 0 Å². The molecule has 0 saturated carbocycles. The van der Waals surface area contributed by atoms with Crippen molar-refractivity contribution in [3.63, 3.8) is 0 Å². The maximum absolute atomic E-state index is 12.5. The number of amides is 1. The van der Waals surface area contributed by atoms with E-state index in [1.807, 2.05) is 24.4 Å². The van der Waals surface area contributed by atoms with Crippen LogP contribution < -0.4 is 0 Å². The number of rotatable bonds is 4. The summed E-state index contributed by atoms with van der Waals surface area (Å²) in [6.07, 6.45) is 0. The summed E-state index contributed by atoms with van der Waals surface area (Å²) in [5.74, 6) is -0.0585. The number of thiophene rings is 1. The van der Waals surface area contributed by atoms with Crippen molar-refractivity contribution in [2.45, 2.75) is 18.4 Å². The van der Waals surface area contributed by atoms with Gasteiger partial charge < -0.3 is 4.90 Å². The molecule has 5 heteroatoms. The summed E-state index contributed by atoms with van der Waals surface area (Å²) in [4.78, 5) is 16.2. The minimum atomic E-state index is -0.0585. The molecule has 0 aliphatic rings. The molecule has 19 heavy (non-hydrogen) atoms. The van der Waals surface area contributed by atoms with Crippen LogP contribution >= 0.6 is 35.6 Å². The highest BCUT2D eigenvalue weighted by Gasteiger charge is 2.18. The average molecular weight is 312 g/mol. The molecule has 1 amide bonds. The Hall–Kier alpha value is -0.970. The van der Waals surface area contributed by atoms with Gasteiger partial charge in [-0.25, -0.2) is 0 Å². The third-order valence-corrected chi connectivity index (χ3v) is 4.24. The van der Waals surface area contributed by atoms with Crippen molar-refractivity contribution in [2.75, 3.05) is 6.54 Å². The highest BCUT2D eigenvalue weighted by Crippen LogP contribution is 2.22. The van der Waals surface area contributed by atoms with Crippen LogP contribution in [0.1, 0.15) is 22.2 Å². The normalized spacial score (nSPS) is 10.5. The molecule has 0 bridgehead atoms. The summed E-state index contributed by atoms with van der Waals surface area (Å²) in [5.41, 5.74) is 0.507.